The van der Waals surface area contributed by atoms with Crippen LogP contribution in [0.15, 0.2) is 23.0 Å². The highest BCUT2D eigenvalue weighted by atomic mass is 16.5. The monoisotopic (exact) mass is 194 g/mol. The van der Waals surface area contributed by atoms with Gasteiger partial charge in [-0.25, -0.2) is 0 Å². The third-order valence-corrected chi connectivity index (χ3v) is 3.24. The minimum Gasteiger partial charge on any atom is -0.501 e. The van der Waals surface area contributed by atoms with Gasteiger partial charge in [0.05, 0.1) is 12.9 Å². The van der Waals surface area contributed by atoms with Crippen molar-refractivity contribution in [2.24, 2.45) is 5.41 Å². The largest absolute Gasteiger partial charge is 0.501 e. The van der Waals surface area contributed by atoms with Gasteiger partial charge in [-0.2, -0.15) is 0 Å². The van der Waals surface area contributed by atoms with Crippen LogP contribution in [0.25, 0.3) is 0 Å². The zero-order valence-corrected chi connectivity index (χ0v) is 10.1. The van der Waals surface area contributed by atoms with Crippen LogP contribution >= 0.6 is 0 Å². The maximum absolute atomic E-state index is 5.48. The van der Waals surface area contributed by atoms with Crippen molar-refractivity contribution in [2.45, 2.75) is 47.5 Å². The zero-order valence-electron chi connectivity index (χ0n) is 10.1. The molecule has 1 aliphatic carbocycles. The summed E-state index contributed by atoms with van der Waals surface area (Å²) in [6.45, 7) is 12.0. The molecule has 14 heavy (non-hydrogen) atoms. The van der Waals surface area contributed by atoms with Gasteiger partial charge in [0.1, 0.15) is 0 Å². The summed E-state index contributed by atoms with van der Waals surface area (Å²) in [6.07, 6.45) is 4.15. The van der Waals surface area contributed by atoms with Gasteiger partial charge in [0, 0.05) is 0 Å². The number of hydrogen-bond donors (Lipinski definition) is 0. The molecule has 1 nitrogen and oxygen atoms in total. The summed E-state index contributed by atoms with van der Waals surface area (Å²) in [5.41, 5.74) is 4.63. The van der Waals surface area contributed by atoms with Gasteiger partial charge in [0.2, 0.25) is 0 Å². The van der Waals surface area contributed by atoms with Gasteiger partial charge in [0.25, 0.3) is 0 Å². The summed E-state index contributed by atoms with van der Waals surface area (Å²) >= 11 is 0. The number of rotatable bonds is 3. The van der Waals surface area contributed by atoms with E-state index < -0.39 is 0 Å². The average Bonchev–Trinajstić information content (AvgIpc) is 2.31. The van der Waals surface area contributed by atoms with Crippen molar-refractivity contribution >= 4 is 0 Å². The topological polar surface area (TPSA) is 9.23 Å². The quantitative estimate of drug-likeness (QED) is 0.486. The average molecular weight is 194 g/mol. The molecule has 0 aromatic heterocycles. The second-order valence-electron chi connectivity index (χ2n) is 4.82. The lowest BCUT2D eigenvalue weighted by molar-refractivity contribution is 0.246. The third-order valence-electron chi connectivity index (χ3n) is 3.24. The van der Waals surface area contributed by atoms with Crippen LogP contribution in [0.2, 0.25) is 0 Å². The molecule has 0 aromatic rings. The molecule has 0 aromatic carbocycles. The fourth-order valence-corrected chi connectivity index (χ4v) is 1.90. The standard InChI is InChI=1S/C13H22O/c1-6-7-14-9-12-8-13(4,5)11(3)10(12)2/h9H,6-8H2,1-5H3. The van der Waals surface area contributed by atoms with Crippen LogP contribution in [-0.2, 0) is 4.74 Å². The molecule has 0 amide bonds. The van der Waals surface area contributed by atoms with Gasteiger partial charge in [-0.15, -0.1) is 0 Å². The van der Waals surface area contributed by atoms with Crippen LogP contribution in [0.5, 0.6) is 0 Å². The first-order valence-corrected chi connectivity index (χ1v) is 5.48. The first-order valence-electron chi connectivity index (χ1n) is 5.48. The molecule has 1 heteroatoms. The van der Waals surface area contributed by atoms with Crippen molar-refractivity contribution in [1.82, 2.24) is 0 Å². The molecule has 0 spiro atoms. The molecule has 0 saturated heterocycles. The van der Waals surface area contributed by atoms with Gasteiger partial charge in [-0.05, 0) is 43.3 Å². The lowest BCUT2D eigenvalue weighted by Crippen LogP contribution is -2.07. The Morgan fingerprint density at radius 2 is 2.00 bits per heavy atom. The molecule has 0 saturated carbocycles. The molecule has 0 heterocycles. The number of hydrogen-bond acceptors (Lipinski definition) is 1. The number of ether oxygens (including phenoxy) is 1. The van der Waals surface area contributed by atoms with Crippen molar-refractivity contribution in [1.29, 1.82) is 0 Å². The Kier molecular flexibility index (Phi) is 3.41. The maximum atomic E-state index is 5.48. The first-order chi connectivity index (χ1) is 6.49. The molecule has 0 unspecified atom stereocenters. The van der Waals surface area contributed by atoms with Crippen LogP contribution < -0.4 is 0 Å². The van der Waals surface area contributed by atoms with Crippen LogP contribution in [0, 0.1) is 5.41 Å². The third kappa shape index (κ3) is 2.20. The fraction of sp³-hybridized carbons (Fsp3) is 0.692. The summed E-state index contributed by atoms with van der Waals surface area (Å²) in [4.78, 5) is 0. The van der Waals surface area contributed by atoms with E-state index in [9.17, 15) is 0 Å². The lowest BCUT2D eigenvalue weighted by atomic mass is 9.86. The SMILES string of the molecule is CCCOC=C1CC(C)(C)C(C)=C1C. The lowest BCUT2D eigenvalue weighted by Gasteiger charge is -2.18. The predicted molar refractivity (Wildman–Crippen MR) is 61.1 cm³/mol. The van der Waals surface area contributed by atoms with E-state index in [1.54, 1.807) is 0 Å². The Balaban J connectivity index is 2.73. The second kappa shape index (κ2) is 4.20. The summed E-state index contributed by atoms with van der Waals surface area (Å²) in [7, 11) is 0. The smallest absolute Gasteiger partial charge is 0.0870 e. The van der Waals surface area contributed by atoms with Crippen molar-refractivity contribution in [3.05, 3.63) is 23.0 Å². The Morgan fingerprint density at radius 1 is 1.36 bits per heavy atom. The van der Waals surface area contributed by atoms with Crippen LogP contribution in [-0.4, -0.2) is 6.61 Å². The van der Waals surface area contributed by atoms with Crippen molar-refractivity contribution < 1.29 is 4.74 Å². The summed E-state index contributed by atoms with van der Waals surface area (Å²) in [5.74, 6) is 0. The molecule has 80 valence electrons. The van der Waals surface area contributed by atoms with E-state index in [-0.39, 0.29) is 0 Å². The van der Waals surface area contributed by atoms with Crippen molar-refractivity contribution in [3.8, 4) is 0 Å². The van der Waals surface area contributed by atoms with Crippen LogP contribution in [0.1, 0.15) is 47.5 Å². The van der Waals surface area contributed by atoms with Gasteiger partial charge in [-0.3, -0.25) is 0 Å². The van der Waals surface area contributed by atoms with Gasteiger partial charge in [0.15, 0.2) is 0 Å². The number of allylic oxidation sites excluding steroid dienone is 3. The molecule has 0 radical (unpaired) electrons. The van der Waals surface area contributed by atoms with Crippen LogP contribution in [0.3, 0.4) is 0 Å². The van der Waals surface area contributed by atoms with E-state index in [1.807, 2.05) is 6.26 Å². The predicted octanol–water partition coefficient (Wildman–Crippen LogP) is 4.06. The Bertz CT molecular complexity index is 269. The molecular weight excluding hydrogens is 172 g/mol. The summed E-state index contributed by atoms with van der Waals surface area (Å²) in [6, 6.07) is 0. The van der Waals surface area contributed by atoms with Crippen molar-refractivity contribution in [2.75, 3.05) is 6.61 Å². The molecule has 1 rings (SSSR count). The summed E-state index contributed by atoms with van der Waals surface area (Å²) < 4.78 is 5.48. The van der Waals surface area contributed by atoms with E-state index in [0.29, 0.717) is 5.41 Å². The van der Waals surface area contributed by atoms with Gasteiger partial charge >= 0.3 is 0 Å². The normalized spacial score (nSPS) is 23.4. The van der Waals surface area contributed by atoms with Crippen LogP contribution in [0.4, 0.5) is 0 Å². The first kappa shape index (κ1) is 11.4. The fourth-order valence-electron chi connectivity index (χ4n) is 1.90. The zero-order chi connectivity index (χ0) is 10.8. The highest BCUT2D eigenvalue weighted by molar-refractivity contribution is 5.42. The van der Waals surface area contributed by atoms with E-state index in [2.05, 4.69) is 34.6 Å². The molecule has 0 aliphatic heterocycles. The molecule has 0 bridgehead atoms. The molecule has 0 N–H and O–H groups in total. The molecular formula is C13H22O. The van der Waals surface area contributed by atoms with E-state index >= 15 is 0 Å². The Hall–Kier alpha value is -0.720. The second-order valence-corrected chi connectivity index (χ2v) is 4.82. The minimum atomic E-state index is 0.325. The summed E-state index contributed by atoms with van der Waals surface area (Å²) in [5, 5.41) is 0. The van der Waals surface area contributed by atoms with Crippen molar-refractivity contribution in [3.63, 3.8) is 0 Å². The van der Waals surface area contributed by atoms with E-state index in [1.165, 1.54) is 16.7 Å². The van der Waals surface area contributed by atoms with E-state index in [0.717, 1.165) is 19.4 Å². The molecule has 1 aliphatic rings. The molecule has 0 atom stereocenters. The Morgan fingerprint density at radius 3 is 2.43 bits per heavy atom. The highest BCUT2D eigenvalue weighted by Crippen LogP contribution is 2.44. The molecule has 0 fully saturated rings. The minimum absolute atomic E-state index is 0.325. The Labute approximate surface area is 87.8 Å². The van der Waals surface area contributed by atoms with Gasteiger partial charge in [-0.1, -0.05) is 26.3 Å². The van der Waals surface area contributed by atoms with Gasteiger partial charge < -0.3 is 4.74 Å². The maximum Gasteiger partial charge on any atom is 0.0870 e. The van der Waals surface area contributed by atoms with E-state index in [4.69, 9.17) is 4.74 Å². The highest BCUT2D eigenvalue weighted by Gasteiger charge is 2.30.